The van der Waals surface area contributed by atoms with E-state index in [2.05, 4.69) is 101 Å². The van der Waals surface area contributed by atoms with Crippen molar-refractivity contribution >= 4 is 0 Å². The minimum absolute atomic E-state index is 0.317. The van der Waals surface area contributed by atoms with Gasteiger partial charge in [-0.05, 0) is 70.8 Å². The molecule has 2 heterocycles. The van der Waals surface area contributed by atoms with Gasteiger partial charge in [0.1, 0.15) is 29.3 Å². The molecule has 6 nitrogen and oxygen atoms in total. The number of methoxy groups -OCH3 is 3. The lowest BCUT2D eigenvalue weighted by Gasteiger charge is -2.43. The van der Waals surface area contributed by atoms with Gasteiger partial charge in [-0.1, -0.05) is 30.3 Å². The monoisotopic (exact) mass is 608 g/mol. The molecule has 0 fully saturated rings. The van der Waals surface area contributed by atoms with Crippen molar-refractivity contribution in [1.29, 1.82) is 0 Å². The number of nitrogens with zero attached hydrogens (tertiary/aromatic N) is 2. The fourth-order valence-corrected chi connectivity index (χ4v) is 7.27. The smallest absolute Gasteiger partial charge is 0.169 e. The first-order valence-electron chi connectivity index (χ1n) is 16.0. The van der Waals surface area contributed by atoms with E-state index in [1.165, 1.54) is 33.4 Å². The Kier molecular flexibility index (Phi) is 8.55. The van der Waals surface area contributed by atoms with Crippen LogP contribution in [-0.4, -0.2) is 71.6 Å². The molecule has 0 radical (unpaired) electrons. The molecule has 4 aromatic carbocycles. The summed E-state index contributed by atoms with van der Waals surface area (Å²) in [7, 11) is 14.5. The molecule has 0 saturated carbocycles. The Labute approximate surface area is 268 Å². The van der Waals surface area contributed by atoms with Gasteiger partial charge in [0.25, 0.3) is 0 Å². The first-order chi connectivity index (χ1) is 21.6. The molecule has 236 valence electrons. The summed E-state index contributed by atoms with van der Waals surface area (Å²) in [4.78, 5) is 0. The highest BCUT2D eigenvalue weighted by atomic mass is 16.5. The predicted octanol–water partition coefficient (Wildman–Crippen LogP) is 7.34. The van der Waals surface area contributed by atoms with Crippen LogP contribution in [-0.2, 0) is 25.7 Å². The van der Waals surface area contributed by atoms with E-state index < -0.39 is 0 Å². The highest BCUT2D eigenvalue weighted by Crippen LogP contribution is 2.41. The summed E-state index contributed by atoms with van der Waals surface area (Å²) in [5.41, 5.74) is 8.14. The molecule has 0 unspecified atom stereocenters. The van der Waals surface area contributed by atoms with Gasteiger partial charge in [0.15, 0.2) is 11.5 Å². The average Bonchev–Trinajstić information content (AvgIpc) is 3.04. The SMILES string of the molecule is COc1ccc2c(c1)[C@@H](Cc1ccc(Oc3cc(C[C@@H]4c5cc(OC)ccc5CC[N+]4(C)C)ccc3OC)cc1)[N+](C)(C)CC2. The van der Waals surface area contributed by atoms with Crippen LogP contribution < -0.4 is 18.9 Å². The van der Waals surface area contributed by atoms with Gasteiger partial charge in [-0.15, -0.1) is 0 Å². The van der Waals surface area contributed by atoms with E-state index in [1.54, 1.807) is 21.3 Å². The van der Waals surface area contributed by atoms with Crippen molar-refractivity contribution in [3.8, 4) is 28.7 Å². The standard InChI is InChI=1S/C39H48N2O4/c1-40(2)20-18-29-11-15-32(42-5)25-34(29)36(40)22-27-8-13-31(14-9-27)45-39-24-28(10-17-38(39)44-7)23-37-35-26-33(43-6)16-12-30(35)19-21-41(37,3)4/h8-17,24-26,36-37H,18-23H2,1-7H3/q+2/t36-,37-/m1/s1. The van der Waals surface area contributed by atoms with Crippen LogP contribution in [0.4, 0.5) is 0 Å². The van der Waals surface area contributed by atoms with Gasteiger partial charge < -0.3 is 27.9 Å². The van der Waals surface area contributed by atoms with Gasteiger partial charge in [0.05, 0.1) is 62.6 Å². The molecular formula is C39H48N2O4+2. The fraction of sp³-hybridized carbons (Fsp3) is 0.385. The summed E-state index contributed by atoms with van der Waals surface area (Å²) < 4.78 is 25.3. The molecule has 0 spiro atoms. The lowest BCUT2D eigenvalue weighted by molar-refractivity contribution is -0.923. The van der Waals surface area contributed by atoms with Gasteiger partial charge in [-0.3, -0.25) is 0 Å². The van der Waals surface area contributed by atoms with E-state index in [4.69, 9.17) is 18.9 Å². The van der Waals surface area contributed by atoms with Crippen LogP contribution in [0.5, 0.6) is 28.7 Å². The number of ether oxygens (including phenoxy) is 4. The van der Waals surface area contributed by atoms with Crippen LogP contribution in [0.2, 0.25) is 0 Å². The largest absolute Gasteiger partial charge is 0.497 e. The lowest BCUT2D eigenvalue weighted by Crippen LogP contribution is -2.48. The molecule has 0 N–H and O–H groups in total. The van der Waals surface area contributed by atoms with Crippen molar-refractivity contribution in [2.75, 3.05) is 62.6 Å². The second-order valence-electron chi connectivity index (χ2n) is 13.8. The summed E-state index contributed by atoms with van der Waals surface area (Å²) in [5.74, 6) is 4.11. The third-order valence-electron chi connectivity index (χ3n) is 10.3. The summed E-state index contributed by atoms with van der Waals surface area (Å²) in [6.45, 7) is 2.23. The molecule has 2 atom stereocenters. The van der Waals surface area contributed by atoms with Crippen molar-refractivity contribution in [2.24, 2.45) is 0 Å². The number of hydrogen-bond acceptors (Lipinski definition) is 4. The molecule has 2 aliphatic rings. The molecule has 0 aromatic heterocycles. The maximum atomic E-state index is 6.49. The van der Waals surface area contributed by atoms with Gasteiger partial charge in [-0.25, -0.2) is 0 Å². The molecule has 0 amide bonds. The van der Waals surface area contributed by atoms with Gasteiger partial charge in [0, 0.05) is 36.8 Å². The van der Waals surface area contributed by atoms with Crippen LogP contribution in [0.3, 0.4) is 0 Å². The van der Waals surface area contributed by atoms with E-state index in [1.807, 2.05) is 6.07 Å². The summed E-state index contributed by atoms with van der Waals surface area (Å²) in [6.07, 6.45) is 4.02. The highest BCUT2D eigenvalue weighted by molar-refractivity contribution is 5.47. The first kappa shape index (κ1) is 31.0. The van der Waals surface area contributed by atoms with Crippen molar-refractivity contribution < 1.29 is 27.9 Å². The van der Waals surface area contributed by atoms with Crippen LogP contribution >= 0.6 is 0 Å². The van der Waals surface area contributed by atoms with Crippen molar-refractivity contribution in [3.63, 3.8) is 0 Å². The normalized spacial score (nSPS) is 19.6. The maximum Gasteiger partial charge on any atom is 0.169 e. The molecule has 4 aromatic rings. The van der Waals surface area contributed by atoms with Crippen LogP contribution in [0.1, 0.15) is 45.5 Å². The second-order valence-corrected chi connectivity index (χ2v) is 13.8. The molecule has 0 aliphatic carbocycles. The van der Waals surface area contributed by atoms with E-state index in [-0.39, 0.29) is 0 Å². The quantitative estimate of drug-likeness (QED) is 0.186. The van der Waals surface area contributed by atoms with Crippen LogP contribution in [0, 0.1) is 0 Å². The van der Waals surface area contributed by atoms with Gasteiger partial charge in [-0.2, -0.15) is 0 Å². The predicted molar refractivity (Wildman–Crippen MR) is 180 cm³/mol. The summed E-state index contributed by atoms with van der Waals surface area (Å²) in [5, 5.41) is 0. The first-order valence-corrected chi connectivity index (χ1v) is 16.0. The van der Waals surface area contributed by atoms with Crippen LogP contribution in [0.25, 0.3) is 0 Å². The van der Waals surface area contributed by atoms with E-state index in [9.17, 15) is 0 Å². The Morgan fingerprint density at radius 2 is 1.02 bits per heavy atom. The Morgan fingerprint density at radius 3 is 1.53 bits per heavy atom. The molecule has 0 saturated heterocycles. The maximum absolute atomic E-state index is 6.49. The third-order valence-corrected chi connectivity index (χ3v) is 10.3. The lowest BCUT2D eigenvalue weighted by atomic mass is 9.87. The third kappa shape index (κ3) is 6.40. The van der Waals surface area contributed by atoms with Crippen molar-refractivity contribution in [2.45, 2.75) is 37.8 Å². The van der Waals surface area contributed by atoms with E-state index in [0.717, 1.165) is 76.5 Å². The second kappa shape index (κ2) is 12.4. The Bertz CT molecular complexity index is 1660. The fourth-order valence-electron chi connectivity index (χ4n) is 7.27. The number of hydrogen-bond donors (Lipinski definition) is 0. The van der Waals surface area contributed by atoms with Crippen molar-refractivity contribution in [1.82, 2.24) is 0 Å². The number of likely N-dealkylation sites (N-methyl/N-ethyl adjacent to an activating group) is 2. The number of rotatable bonds is 9. The minimum atomic E-state index is 0.317. The highest BCUT2D eigenvalue weighted by Gasteiger charge is 2.37. The Balaban J connectivity index is 1.22. The van der Waals surface area contributed by atoms with E-state index >= 15 is 0 Å². The molecule has 45 heavy (non-hydrogen) atoms. The molecule has 0 bridgehead atoms. The average molecular weight is 609 g/mol. The zero-order valence-electron chi connectivity index (χ0n) is 27.9. The Morgan fingerprint density at radius 1 is 0.533 bits per heavy atom. The summed E-state index contributed by atoms with van der Waals surface area (Å²) >= 11 is 0. The Hall–Kier alpha value is -4.00. The molecule has 6 heteroatoms. The summed E-state index contributed by atoms with van der Waals surface area (Å²) in [6, 6.07) is 28.7. The van der Waals surface area contributed by atoms with Crippen LogP contribution in [0.15, 0.2) is 78.9 Å². The number of fused-ring (bicyclic) bond motifs is 2. The number of benzene rings is 4. The van der Waals surface area contributed by atoms with Gasteiger partial charge in [0.2, 0.25) is 0 Å². The molecule has 6 rings (SSSR count). The molecular weight excluding hydrogens is 560 g/mol. The number of quaternary nitrogens is 2. The van der Waals surface area contributed by atoms with E-state index in [0.29, 0.717) is 12.1 Å². The zero-order chi connectivity index (χ0) is 31.8. The van der Waals surface area contributed by atoms with Gasteiger partial charge >= 0.3 is 0 Å². The topological polar surface area (TPSA) is 36.9 Å². The minimum Gasteiger partial charge on any atom is -0.497 e. The van der Waals surface area contributed by atoms with Crippen molar-refractivity contribution in [3.05, 3.63) is 112 Å². The zero-order valence-corrected chi connectivity index (χ0v) is 27.9. The molecule has 2 aliphatic heterocycles.